The van der Waals surface area contributed by atoms with Crippen LogP contribution in [0, 0.1) is 5.82 Å². The normalized spacial score (nSPS) is 16.9. The smallest absolute Gasteiger partial charge is 0.253 e. The lowest BCUT2D eigenvalue weighted by Gasteiger charge is -2.29. The van der Waals surface area contributed by atoms with Crippen molar-refractivity contribution in [3.05, 3.63) is 75.6 Å². The Morgan fingerprint density at radius 1 is 1.00 bits per heavy atom. The average molecular weight is 477 g/mol. The lowest BCUT2D eigenvalue weighted by atomic mass is 10.0. The van der Waals surface area contributed by atoms with Crippen LogP contribution in [0.5, 0.6) is 11.5 Å². The second-order valence-electron chi connectivity index (χ2n) is 9.02. The Hall–Kier alpha value is -3.79. The number of benzene rings is 2. The number of aromatic nitrogens is 5. The van der Waals surface area contributed by atoms with Gasteiger partial charge in [0, 0.05) is 17.0 Å². The van der Waals surface area contributed by atoms with Gasteiger partial charge in [-0.3, -0.25) is 9.69 Å². The number of H-pyrrole nitrogens is 1. The third kappa shape index (κ3) is 4.25. The standard InChI is InChI=1S/C25H25FN6O3/c26-18-7-5-16(6-8-18)14-32-24(28-29-30-32)23(31-9-3-1-2-4-10-31)19-11-17-12-21-22(35-15-34-21)13-20(17)27-25(19)33/h5-8,11-13,23H,1-4,9-10,14-15H2,(H,27,33)/t23-/m1/s1. The lowest BCUT2D eigenvalue weighted by Crippen LogP contribution is -2.36. The van der Waals surface area contributed by atoms with Gasteiger partial charge < -0.3 is 14.5 Å². The Labute approximate surface area is 200 Å². The number of tetrazole rings is 1. The molecular weight excluding hydrogens is 451 g/mol. The molecule has 1 saturated heterocycles. The number of hydrogen-bond donors (Lipinski definition) is 1. The Morgan fingerprint density at radius 3 is 2.51 bits per heavy atom. The van der Waals surface area contributed by atoms with Crippen LogP contribution in [0.3, 0.4) is 0 Å². The number of hydrogen-bond acceptors (Lipinski definition) is 7. The number of rotatable bonds is 5. The molecule has 6 rings (SSSR count). The number of nitrogens with one attached hydrogen (secondary N) is 1. The zero-order valence-corrected chi connectivity index (χ0v) is 19.1. The van der Waals surface area contributed by atoms with E-state index >= 15 is 0 Å². The topological polar surface area (TPSA) is 98.2 Å². The number of halogens is 1. The SMILES string of the molecule is O=c1[nH]c2cc3c(cc2cc1[C@H](c1nnnn1Cc1ccc(F)cc1)N1CCCCCC1)OCO3. The number of pyridine rings is 1. The van der Waals surface area contributed by atoms with Gasteiger partial charge >= 0.3 is 0 Å². The predicted molar refractivity (Wildman–Crippen MR) is 126 cm³/mol. The highest BCUT2D eigenvalue weighted by Crippen LogP contribution is 2.36. The minimum Gasteiger partial charge on any atom is -0.454 e. The molecule has 1 atom stereocenters. The van der Waals surface area contributed by atoms with Gasteiger partial charge in [0.2, 0.25) is 6.79 Å². The fourth-order valence-corrected chi connectivity index (χ4v) is 4.95. The monoisotopic (exact) mass is 476 g/mol. The summed E-state index contributed by atoms with van der Waals surface area (Å²) in [6.45, 7) is 2.22. The van der Waals surface area contributed by atoms with Crippen molar-refractivity contribution in [3.63, 3.8) is 0 Å². The Bertz CT molecular complexity index is 1410. The van der Waals surface area contributed by atoms with E-state index in [1.807, 2.05) is 12.1 Å². The van der Waals surface area contributed by atoms with E-state index in [0.29, 0.717) is 34.9 Å². The fourth-order valence-electron chi connectivity index (χ4n) is 4.95. The molecule has 1 N–H and O–H groups in total. The summed E-state index contributed by atoms with van der Waals surface area (Å²) in [6.07, 6.45) is 4.39. The third-order valence-electron chi connectivity index (χ3n) is 6.72. The van der Waals surface area contributed by atoms with Gasteiger partial charge in [0.1, 0.15) is 11.9 Å². The summed E-state index contributed by atoms with van der Waals surface area (Å²) in [5.41, 5.74) is 1.94. The van der Waals surface area contributed by atoms with Crippen molar-refractivity contribution < 1.29 is 13.9 Å². The molecule has 0 unspecified atom stereocenters. The van der Waals surface area contributed by atoms with Crippen LogP contribution in [0.25, 0.3) is 10.9 Å². The summed E-state index contributed by atoms with van der Waals surface area (Å²) in [4.78, 5) is 18.8. The largest absolute Gasteiger partial charge is 0.454 e. The third-order valence-corrected chi connectivity index (χ3v) is 6.72. The highest BCUT2D eigenvalue weighted by molar-refractivity contribution is 5.83. The van der Waals surface area contributed by atoms with E-state index in [-0.39, 0.29) is 18.2 Å². The molecule has 35 heavy (non-hydrogen) atoms. The van der Waals surface area contributed by atoms with E-state index in [4.69, 9.17) is 9.47 Å². The van der Waals surface area contributed by atoms with Crippen molar-refractivity contribution in [1.82, 2.24) is 30.1 Å². The van der Waals surface area contributed by atoms with Crippen LogP contribution in [-0.4, -0.2) is 50.0 Å². The number of likely N-dealkylation sites (tertiary alicyclic amines) is 1. The van der Waals surface area contributed by atoms with E-state index < -0.39 is 6.04 Å². The van der Waals surface area contributed by atoms with Gasteiger partial charge in [-0.05, 0) is 66.2 Å². The van der Waals surface area contributed by atoms with Crippen LogP contribution in [0.15, 0.2) is 47.3 Å². The number of fused-ring (bicyclic) bond motifs is 2. The quantitative estimate of drug-likeness (QED) is 0.471. The molecule has 180 valence electrons. The van der Waals surface area contributed by atoms with E-state index in [1.54, 1.807) is 22.9 Å². The number of nitrogens with zero attached hydrogens (tertiary/aromatic N) is 5. The molecule has 4 aromatic rings. The van der Waals surface area contributed by atoms with Crippen LogP contribution in [-0.2, 0) is 6.54 Å². The minimum absolute atomic E-state index is 0.164. The first-order valence-electron chi connectivity index (χ1n) is 11.9. The molecule has 2 aromatic heterocycles. The number of ether oxygens (including phenoxy) is 2. The van der Waals surface area contributed by atoms with Crippen molar-refractivity contribution >= 4 is 10.9 Å². The average Bonchev–Trinajstić information content (AvgIpc) is 3.41. The second kappa shape index (κ2) is 9.10. The van der Waals surface area contributed by atoms with Gasteiger partial charge in [-0.2, -0.15) is 0 Å². The first-order valence-corrected chi connectivity index (χ1v) is 11.9. The summed E-state index contributed by atoms with van der Waals surface area (Å²) in [7, 11) is 0. The zero-order valence-electron chi connectivity index (χ0n) is 19.1. The molecule has 1 fully saturated rings. The van der Waals surface area contributed by atoms with Crippen molar-refractivity contribution in [2.45, 2.75) is 38.3 Å². The van der Waals surface area contributed by atoms with Gasteiger partial charge in [-0.1, -0.05) is 25.0 Å². The van der Waals surface area contributed by atoms with E-state index in [2.05, 4.69) is 25.4 Å². The Morgan fingerprint density at radius 2 is 1.74 bits per heavy atom. The van der Waals surface area contributed by atoms with Crippen LogP contribution >= 0.6 is 0 Å². The molecule has 0 amide bonds. The summed E-state index contributed by atoms with van der Waals surface area (Å²) in [5, 5.41) is 13.4. The van der Waals surface area contributed by atoms with Gasteiger partial charge in [-0.15, -0.1) is 5.10 Å². The molecular formula is C25H25FN6O3. The molecule has 0 aliphatic carbocycles. The van der Waals surface area contributed by atoms with Crippen molar-refractivity contribution in [2.75, 3.05) is 19.9 Å². The fraction of sp³-hybridized carbons (Fsp3) is 0.360. The molecule has 10 heteroatoms. The summed E-state index contributed by atoms with van der Waals surface area (Å²) in [5.74, 6) is 1.56. The van der Waals surface area contributed by atoms with Gasteiger partial charge in [0.15, 0.2) is 17.3 Å². The van der Waals surface area contributed by atoms with Gasteiger partial charge in [0.25, 0.3) is 5.56 Å². The molecule has 9 nitrogen and oxygen atoms in total. The van der Waals surface area contributed by atoms with E-state index in [0.717, 1.165) is 49.7 Å². The number of aromatic amines is 1. The first-order chi connectivity index (χ1) is 17.2. The summed E-state index contributed by atoms with van der Waals surface area (Å²) >= 11 is 0. The van der Waals surface area contributed by atoms with Crippen LogP contribution in [0.1, 0.15) is 48.7 Å². The van der Waals surface area contributed by atoms with Crippen molar-refractivity contribution in [1.29, 1.82) is 0 Å². The van der Waals surface area contributed by atoms with Crippen molar-refractivity contribution in [2.24, 2.45) is 0 Å². The zero-order chi connectivity index (χ0) is 23.8. The van der Waals surface area contributed by atoms with Crippen molar-refractivity contribution in [3.8, 4) is 11.5 Å². The van der Waals surface area contributed by atoms with Gasteiger partial charge in [-0.25, -0.2) is 9.07 Å². The Kier molecular flexibility index (Phi) is 5.65. The summed E-state index contributed by atoms with van der Waals surface area (Å²) < 4.78 is 26.1. The van der Waals surface area contributed by atoms with Crippen LogP contribution in [0.2, 0.25) is 0 Å². The van der Waals surface area contributed by atoms with E-state index in [1.165, 1.54) is 12.1 Å². The highest BCUT2D eigenvalue weighted by Gasteiger charge is 2.31. The van der Waals surface area contributed by atoms with E-state index in [9.17, 15) is 9.18 Å². The minimum atomic E-state index is -0.429. The maximum Gasteiger partial charge on any atom is 0.253 e. The lowest BCUT2D eigenvalue weighted by molar-refractivity contribution is 0.174. The molecule has 2 aliphatic heterocycles. The molecule has 0 radical (unpaired) electrons. The molecule has 2 aliphatic rings. The highest BCUT2D eigenvalue weighted by atomic mass is 19.1. The molecule has 0 bridgehead atoms. The second-order valence-corrected chi connectivity index (χ2v) is 9.02. The molecule has 0 spiro atoms. The van der Waals surface area contributed by atoms with Crippen LogP contribution in [0.4, 0.5) is 4.39 Å². The molecule has 4 heterocycles. The van der Waals surface area contributed by atoms with Crippen LogP contribution < -0.4 is 15.0 Å². The van der Waals surface area contributed by atoms with Gasteiger partial charge in [0.05, 0.1) is 12.1 Å². The summed E-state index contributed by atoms with van der Waals surface area (Å²) in [6, 6.07) is 11.4. The maximum atomic E-state index is 13.4. The predicted octanol–water partition coefficient (Wildman–Crippen LogP) is 3.40. The Balaban J connectivity index is 1.46. The maximum absolute atomic E-state index is 13.4. The molecule has 2 aromatic carbocycles. The first kappa shape index (κ1) is 21.7. The molecule has 0 saturated carbocycles.